The maximum absolute atomic E-state index is 11.4. The summed E-state index contributed by atoms with van der Waals surface area (Å²) in [6.45, 7) is -0.121. The second-order valence-electron chi connectivity index (χ2n) is 3.59. The standard InChI is InChI=1S/C12H13Cl2NO3/c1-18-12(17)7-15-11(16)5-3-8-2-4-9(13)6-10(8)14/h2,4,6H,3,5,7H2,1H3,(H,15,16). The molecule has 1 aromatic rings. The van der Waals surface area contributed by atoms with Crippen LogP contribution in [0.15, 0.2) is 18.2 Å². The van der Waals surface area contributed by atoms with E-state index < -0.39 is 5.97 Å². The van der Waals surface area contributed by atoms with Crippen LogP contribution < -0.4 is 5.32 Å². The average Bonchev–Trinajstić information content (AvgIpc) is 2.34. The summed E-state index contributed by atoms with van der Waals surface area (Å²) in [5.41, 5.74) is 0.842. The third kappa shape index (κ3) is 4.94. The number of hydrogen-bond acceptors (Lipinski definition) is 3. The Hall–Kier alpha value is -1.26. The Morgan fingerprint density at radius 3 is 2.67 bits per heavy atom. The van der Waals surface area contributed by atoms with E-state index in [0.29, 0.717) is 16.5 Å². The van der Waals surface area contributed by atoms with Crippen molar-refractivity contribution in [1.82, 2.24) is 5.32 Å². The molecule has 0 radical (unpaired) electrons. The van der Waals surface area contributed by atoms with E-state index in [1.165, 1.54) is 7.11 Å². The van der Waals surface area contributed by atoms with Gasteiger partial charge in [-0.2, -0.15) is 0 Å². The fraction of sp³-hybridized carbons (Fsp3) is 0.333. The van der Waals surface area contributed by atoms with E-state index in [2.05, 4.69) is 10.1 Å². The van der Waals surface area contributed by atoms with E-state index in [4.69, 9.17) is 23.2 Å². The van der Waals surface area contributed by atoms with Crippen LogP contribution in [-0.2, 0) is 20.7 Å². The highest BCUT2D eigenvalue weighted by molar-refractivity contribution is 6.35. The van der Waals surface area contributed by atoms with Crippen LogP contribution in [0, 0.1) is 0 Å². The molecular weight excluding hydrogens is 277 g/mol. The van der Waals surface area contributed by atoms with Gasteiger partial charge in [0.05, 0.1) is 7.11 Å². The van der Waals surface area contributed by atoms with E-state index in [-0.39, 0.29) is 18.9 Å². The summed E-state index contributed by atoms with van der Waals surface area (Å²) in [5.74, 6) is -0.709. The molecule has 18 heavy (non-hydrogen) atoms. The monoisotopic (exact) mass is 289 g/mol. The zero-order valence-electron chi connectivity index (χ0n) is 9.83. The Balaban J connectivity index is 2.40. The van der Waals surface area contributed by atoms with E-state index in [0.717, 1.165) is 5.56 Å². The van der Waals surface area contributed by atoms with Gasteiger partial charge in [-0.1, -0.05) is 29.3 Å². The van der Waals surface area contributed by atoms with E-state index in [1.807, 2.05) is 0 Å². The van der Waals surface area contributed by atoms with Gasteiger partial charge in [-0.25, -0.2) is 0 Å². The van der Waals surface area contributed by atoms with Gasteiger partial charge in [0.25, 0.3) is 0 Å². The first-order valence-electron chi connectivity index (χ1n) is 5.30. The minimum absolute atomic E-state index is 0.121. The second kappa shape index (κ2) is 7.24. The molecule has 0 saturated heterocycles. The van der Waals surface area contributed by atoms with Crippen molar-refractivity contribution in [1.29, 1.82) is 0 Å². The van der Waals surface area contributed by atoms with Gasteiger partial charge in [-0.3, -0.25) is 9.59 Å². The SMILES string of the molecule is COC(=O)CNC(=O)CCc1ccc(Cl)cc1Cl. The normalized spacial score (nSPS) is 9.94. The van der Waals surface area contributed by atoms with E-state index in [9.17, 15) is 9.59 Å². The zero-order chi connectivity index (χ0) is 13.5. The third-order valence-electron chi connectivity index (χ3n) is 2.29. The van der Waals surface area contributed by atoms with Gasteiger partial charge in [0.1, 0.15) is 6.54 Å². The molecule has 6 heteroatoms. The molecule has 0 heterocycles. The number of carbonyl (C=O) groups is 2. The fourth-order valence-electron chi connectivity index (χ4n) is 1.30. The maximum atomic E-state index is 11.4. The first-order valence-corrected chi connectivity index (χ1v) is 6.06. The molecule has 98 valence electrons. The van der Waals surface area contributed by atoms with Crippen LogP contribution >= 0.6 is 23.2 Å². The minimum Gasteiger partial charge on any atom is -0.468 e. The first kappa shape index (κ1) is 14.8. The van der Waals surface area contributed by atoms with Crippen molar-refractivity contribution in [2.75, 3.05) is 13.7 Å². The molecule has 0 saturated carbocycles. The van der Waals surface area contributed by atoms with Crippen molar-refractivity contribution in [3.63, 3.8) is 0 Å². The molecule has 1 aromatic carbocycles. The summed E-state index contributed by atoms with van der Waals surface area (Å²) in [6.07, 6.45) is 0.737. The smallest absolute Gasteiger partial charge is 0.325 e. The van der Waals surface area contributed by atoms with Crippen LogP contribution in [0.4, 0.5) is 0 Å². The Labute approximate surface area is 115 Å². The highest BCUT2D eigenvalue weighted by Gasteiger charge is 2.07. The van der Waals surface area contributed by atoms with Gasteiger partial charge >= 0.3 is 5.97 Å². The molecule has 0 aliphatic carbocycles. The topological polar surface area (TPSA) is 55.4 Å². The molecule has 0 spiro atoms. The molecule has 0 aliphatic heterocycles. The van der Waals surface area contributed by atoms with Crippen LogP contribution in [0.5, 0.6) is 0 Å². The number of esters is 1. The number of benzene rings is 1. The van der Waals surface area contributed by atoms with E-state index in [1.54, 1.807) is 18.2 Å². The molecule has 1 amide bonds. The molecule has 0 fully saturated rings. The molecule has 0 bridgehead atoms. The summed E-state index contributed by atoms with van der Waals surface area (Å²) in [6, 6.07) is 5.12. The second-order valence-corrected chi connectivity index (χ2v) is 4.43. The minimum atomic E-state index is -0.479. The van der Waals surface area contributed by atoms with Crippen molar-refractivity contribution in [2.24, 2.45) is 0 Å². The average molecular weight is 290 g/mol. The summed E-state index contributed by atoms with van der Waals surface area (Å²) >= 11 is 11.7. The molecule has 0 atom stereocenters. The lowest BCUT2D eigenvalue weighted by Gasteiger charge is -2.05. The number of halogens is 2. The van der Waals surface area contributed by atoms with Crippen LogP contribution in [0.25, 0.3) is 0 Å². The van der Waals surface area contributed by atoms with Gasteiger partial charge in [-0.05, 0) is 24.1 Å². The Morgan fingerprint density at radius 2 is 2.06 bits per heavy atom. The molecule has 0 aromatic heterocycles. The van der Waals surface area contributed by atoms with Crippen molar-refractivity contribution >= 4 is 35.1 Å². The number of ether oxygens (including phenoxy) is 1. The number of carbonyl (C=O) groups excluding carboxylic acids is 2. The lowest BCUT2D eigenvalue weighted by molar-refractivity contribution is -0.141. The first-order chi connectivity index (χ1) is 8.52. The summed E-state index contributed by atoms with van der Waals surface area (Å²) < 4.78 is 4.41. The predicted octanol–water partition coefficient (Wildman–Crippen LogP) is 2.22. The largest absolute Gasteiger partial charge is 0.468 e. The Kier molecular flexibility index (Phi) is 5.95. The van der Waals surface area contributed by atoms with Crippen molar-refractivity contribution < 1.29 is 14.3 Å². The van der Waals surface area contributed by atoms with Gasteiger partial charge in [0.15, 0.2) is 0 Å². The zero-order valence-corrected chi connectivity index (χ0v) is 11.3. The Bertz CT molecular complexity index is 449. The van der Waals surface area contributed by atoms with Crippen LogP contribution in [0.2, 0.25) is 10.0 Å². The third-order valence-corrected chi connectivity index (χ3v) is 2.88. The molecule has 1 rings (SSSR count). The highest BCUT2D eigenvalue weighted by atomic mass is 35.5. The number of nitrogens with one attached hydrogen (secondary N) is 1. The van der Waals surface area contributed by atoms with Crippen molar-refractivity contribution in [3.05, 3.63) is 33.8 Å². The van der Waals surface area contributed by atoms with Gasteiger partial charge in [-0.15, -0.1) is 0 Å². The molecule has 0 aliphatic rings. The maximum Gasteiger partial charge on any atom is 0.325 e. The van der Waals surface area contributed by atoms with E-state index >= 15 is 0 Å². The molecule has 1 N–H and O–H groups in total. The van der Waals surface area contributed by atoms with Gasteiger partial charge in [0, 0.05) is 16.5 Å². The number of rotatable bonds is 5. The summed E-state index contributed by atoms with van der Waals surface area (Å²) in [4.78, 5) is 22.2. The summed E-state index contributed by atoms with van der Waals surface area (Å²) in [5, 5.41) is 3.54. The van der Waals surface area contributed by atoms with Gasteiger partial charge < -0.3 is 10.1 Å². The molecular formula is C12H13Cl2NO3. The van der Waals surface area contributed by atoms with Crippen LogP contribution in [0.1, 0.15) is 12.0 Å². The Morgan fingerprint density at radius 1 is 1.33 bits per heavy atom. The molecule has 0 unspecified atom stereocenters. The number of hydrogen-bond donors (Lipinski definition) is 1. The van der Waals surface area contributed by atoms with Crippen LogP contribution in [0.3, 0.4) is 0 Å². The highest BCUT2D eigenvalue weighted by Crippen LogP contribution is 2.21. The molecule has 4 nitrogen and oxygen atoms in total. The van der Waals surface area contributed by atoms with Crippen molar-refractivity contribution in [2.45, 2.75) is 12.8 Å². The van der Waals surface area contributed by atoms with Gasteiger partial charge in [0.2, 0.25) is 5.91 Å². The van der Waals surface area contributed by atoms with Crippen molar-refractivity contribution in [3.8, 4) is 0 Å². The quantitative estimate of drug-likeness (QED) is 0.846. The lowest BCUT2D eigenvalue weighted by Crippen LogP contribution is -2.30. The lowest BCUT2D eigenvalue weighted by atomic mass is 10.1. The number of methoxy groups -OCH3 is 1. The predicted molar refractivity (Wildman–Crippen MR) is 69.8 cm³/mol. The van der Waals surface area contributed by atoms with Crippen LogP contribution in [-0.4, -0.2) is 25.5 Å². The fourth-order valence-corrected chi connectivity index (χ4v) is 1.81. The number of aryl methyl sites for hydroxylation is 1. The number of amides is 1. The summed E-state index contributed by atoms with van der Waals surface area (Å²) in [7, 11) is 1.27.